The van der Waals surface area contributed by atoms with Gasteiger partial charge in [0.1, 0.15) is 11.8 Å². The van der Waals surface area contributed by atoms with E-state index in [1.165, 1.54) is 6.33 Å². The molecule has 5 heteroatoms. The monoisotopic (exact) mass is 163 g/mol. The molecule has 2 aromatic rings. The van der Waals surface area contributed by atoms with Crippen LogP contribution in [-0.4, -0.2) is 26.6 Å². The summed E-state index contributed by atoms with van der Waals surface area (Å²) in [4.78, 5) is 12.1. The predicted molar refractivity (Wildman–Crippen MR) is 44.4 cm³/mol. The number of nitrogens with zero attached hydrogens (tertiary/aromatic N) is 4. The minimum atomic E-state index is 0.716. The maximum atomic E-state index is 4.14. The summed E-state index contributed by atoms with van der Waals surface area (Å²) in [6, 6.07) is 0. The summed E-state index contributed by atoms with van der Waals surface area (Å²) in [6.45, 7) is 0.716. The Balaban J connectivity index is 2.55. The van der Waals surface area contributed by atoms with Gasteiger partial charge in [-0.2, -0.15) is 0 Å². The Hall–Kier alpha value is -1.49. The lowest BCUT2D eigenvalue weighted by Crippen LogP contribution is -2.12. The summed E-state index contributed by atoms with van der Waals surface area (Å²) in [5, 5.41) is 3.02. The van der Waals surface area contributed by atoms with Crippen LogP contribution >= 0.6 is 0 Å². The van der Waals surface area contributed by atoms with Gasteiger partial charge in [-0.15, -0.1) is 0 Å². The molecular weight excluding hydrogens is 154 g/mol. The fourth-order valence-corrected chi connectivity index (χ4v) is 1.10. The molecule has 0 aliphatic rings. The number of hydrogen-bond acceptors (Lipinski definition) is 4. The average Bonchev–Trinajstić information content (AvgIpc) is 2.50. The van der Waals surface area contributed by atoms with Crippen LogP contribution in [0, 0.1) is 0 Å². The Morgan fingerprint density at radius 1 is 1.50 bits per heavy atom. The topological polar surface area (TPSA) is 55.6 Å². The number of imidazole rings is 1. The molecule has 0 saturated carbocycles. The predicted octanol–water partition coefficient (Wildman–Crippen LogP) is 0.00320. The first-order chi connectivity index (χ1) is 5.92. The third-order valence-electron chi connectivity index (χ3n) is 1.61. The van der Waals surface area contributed by atoms with Crippen molar-refractivity contribution in [1.29, 1.82) is 0 Å². The average molecular weight is 163 g/mol. The summed E-state index contributed by atoms with van der Waals surface area (Å²) in [7, 11) is 1.88. The molecule has 0 amide bonds. The SMILES string of the molecule is CNCn1cnc2cncnc21. The molecule has 62 valence electrons. The number of aromatic nitrogens is 4. The first kappa shape index (κ1) is 7.17. The van der Waals surface area contributed by atoms with E-state index in [0.29, 0.717) is 6.67 Å². The lowest BCUT2D eigenvalue weighted by atomic mass is 10.6. The van der Waals surface area contributed by atoms with Crippen molar-refractivity contribution in [1.82, 2.24) is 24.8 Å². The third kappa shape index (κ3) is 1.04. The first-order valence-corrected chi connectivity index (χ1v) is 3.67. The maximum absolute atomic E-state index is 4.14. The van der Waals surface area contributed by atoms with Gasteiger partial charge in [0.15, 0.2) is 5.65 Å². The van der Waals surface area contributed by atoms with Gasteiger partial charge in [0.05, 0.1) is 19.2 Å². The van der Waals surface area contributed by atoms with Crippen molar-refractivity contribution < 1.29 is 0 Å². The minimum absolute atomic E-state index is 0.716. The third-order valence-corrected chi connectivity index (χ3v) is 1.61. The van der Waals surface area contributed by atoms with Gasteiger partial charge in [0.25, 0.3) is 0 Å². The molecule has 0 spiro atoms. The zero-order valence-corrected chi connectivity index (χ0v) is 6.73. The van der Waals surface area contributed by atoms with Crippen LogP contribution in [0.25, 0.3) is 11.2 Å². The van der Waals surface area contributed by atoms with E-state index in [1.807, 2.05) is 11.6 Å². The highest BCUT2D eigenvalue weighted by Gasteiger charge is 2.00. The second kappa shape index (κ2) is 2.86. The molecular formula is C7H9N5. The van der Waals surface area contributed by atoms with Crippen molar-refractivity contribution in [2.24, 2.45) is 0 Å². The minimum Gasteiger partial charge on any atom is -0.303 e. The molecule has 2 aromatic heterocycles. The van der Waals surface area contributed by atoms with Crippen molar-refractivity contribution >= 4 is 11.2 Å². The fourth-order valence-electron chi connectivity index (χ4n) is 1.10. The zero-order chi connectivity index (χ0) is 8.39. The number of fused-ring (bicyclic) bond motifs is 1. The van der Waals surface area contributed by atoms with Gasteiger partial charge in [-0.1, -0.05) is 0 Å². The first-order valence-electron chi connectivity index (χ1n) is 3.67. The van der Waals surface area contributed by atoms with E-state index in [4.69, 9.17) is 0 Å². The van der Waals surface area contributed by atoms with E-state index < -0.39 is 0 Å². The molecule has 12 heavy (non-hydrogen) atoms. The van der Waals surface area contributed by atoms with Crippen molar-refractivity contribution in [3.8, 4) is 0 Å². The smallest absolute Gasteiger partial charge is 0.164 e. The van der Waals surface area contributed by atoms with Crippen molar-refractivity contribution in [2.75, 3.05) is 7.05 Å². The van der Waals surface area contributed by atoms with Gasteiger partial charge in [0.2, 0.25) is 0 Å². The van der Waals surface area contributed by atoms with Gasteiger partial charge >= 0.3 is 0 Å². The van der Waals surface area contributed by atoms with Gasteiger partial charge in [-0.05, 0) is 7.05 Å². The summed E-state index contributed by atoms with van der Waals surface area (Å²) >= 11 is 0. The summed E-state index contributed by atoms with van der Waals surface area (Å²) in [5.41, 5.74) is 1.69. The molecule has 2 heterocycles. The Kier molecular flexibility index (Phi) is 1.71. The van der Waals surface area contributed by atoms with E-state index in [2.05, 4.69) is 20.3 Å². The standard InChI is InChI=1S/C7H9N5/c1-8-4-12-5-11-6-2-9-3-10-7(6)12/h2-3,5,8H,4H2,1H3. The Morgan fingerprint density at radius 2 is 2.42 bits per heavy atom. The van der Waals surface area contributed by atoms with Gasteiger partial charge in [-0.3, -0.25) is 0 Å². The lowest BCUT2D eigenvalue weighted by molar-refractivity contribution is 0.628. The van der Waals surface area contributed by atoms with Crippen molar-refractivity contribution in [2.45, 2.75) is 6.67 Å². The summed E-state index contributed by atoms with van der Waals surface area (Å²) in [6.07, 6.45) is 4.97. The molecule has 0 fully saturated rings. The second-order valence-corrected chi connectivity index (χ2v) is 2.46. The van der Waals surface area contributed by atoms with Crippen LogP contribution in [0.3, 0.4) is 0 Å². The van der Waals surface area contributed by atoms with E-state index in [9.17, 15) is 0 Å². The van der Waals surface area contributed by atoms with Crippen LogP contribution in [-0.2, 0) is 6.67 Å². The Labute approximate surface area is 69.5 Å². The molecule has 0 aliphatic carbocycles. The highest BCUT2D eigenvalue weighted by atomic mass is 15.2. The number of hydrogen-bond donors (Lipinski definition) is 1. The molecule has 1 N–H and O–H groups in total. The quantitative estimate of drug-likeness (QED) is 0.677. The molecule has 0 bridgehead atoms. The van der Waals surface area contributed by atoms with Crippen LogP contribution in [0.4, 0.5) is 0 Å². The molecule has 0 unspecified atom stereocenters. The number of nitrogens with one attached hydrogen (secondary N) is 1. The summed E-state index contributed by atoms with van der Waals surface area (Å²) < 4.78 is 1.93. The lowest BCUT2D eigenvalue weighted by Gasteiger charge is -1.99. The largest absolute Gasteiger partial charge is 0.303 e. The molecule has 0 saturated heterocycles. The van der Waals surface area contributed by atoms with Crippen LogP contribution < -0.4 is 5.32 Å². The van der Waals surface area contributed by atoms with Gasteiger partial charge in [-0.25, -0.2) is 15.0 Å². The van der Waals surface area contributed by atoms with E-state index in [0.717, 1.165) is 11.2 Å². The summed E-state index contributed by atoms with van der Waals surface area (Å²) in [5.74, 6) is 0. The van der Waals surface area contributed by atoms with E-state index >= 15 is 0 Å². The van der Waals surface area contributed by atoms with Crippen LogP contribution in [0.1, 0.15) is 0 Å². The molecule has 2 rings (SSSR count). The van der Waals surface area contributed by atoms with Crippen LogP contribution in [0.2, 0.25) is 0 Å². The maximum Gasteiger partial charge on any atom is 0.164 e. The highest BCUT2D eigenvalue weighted by molar-refractivity contribution is 5.68. The molecule has 5 nitrogen and oxygen atoms in total. The van der Waals surface area contributed by atoms with E-state index in [1.54, 1.807) is 12.5 Å². The van der Waals surface area contributed by atoms with Gasteiger partial charge in [0, 0.05) is 0 Å². The fraction of sp³-hybridized carbons (Fsp3) is 0.286. The van der Waals surface area contributed by atoms with Crippen LogP contribution in [0.5, 0.6) is 0 Å². The molecule has 0 atom stereocenters. The Morgan fingerprint density at radius 3 is 3.25 bits per heavy atom. The molecule has 0 aliphatic heterocycles. The van der Waals surface area contributed by atoms with Crippen molar-refractivity contribution in [3.63, 3.8) is 0 Å². The van der Waals surface area contributed by atoms with E-state index in [-0.39, 0.29) is 0 Å². The molecule has 0 radical (unpaired) electrons. The normalized spacial score (nSPS) is 10.8. The molecule has 0 aromatic carbocycles. The van der Waals surface area contributed by atoms with Crippen molar-refractivity contribution in [3.05, 3.63) is 18.9 Å². The van der Waals surface area contributed by atoms with Crippen LogP contribution in [0.15, 0.2) is 18.9 Å². The highest BCUT2D eigenvalue weighted by Crippen LogP contribution is 2.05. The second-order valence-electron chi connectivity index (χ2n) is 2.46. The van der Waals surface area contributed by atoms with Gasteiger partial charge < -0.3 is 9.88 Å². The zero-order valence-electron chi connectivity index (χ0n) is 6.73. The Bertz CT molecular complexity index is 380. The number of rotatable bonds is 2.